The van der Waals surface area contributed by atoms with E-state index in [-0.39, 0.29) is 11.7 Å². The summed E-state index contributed by atoms with van der Waals surface area (Å²) in [6, 6.07) is 18.0. The minimum Gasteiger partial charge on any atom is -0.508 e. The number of para-hydroxylation sites is 2. The van der Waals surface area contributed by atoms with Gasteiger partial charge < -0.3 is 19.7 Å². The van der Waals surface area contributed by atoms with Crippen LogP contribution >= 0.6 is 0 Å². The van der Waals surface area contributed by atoms with Gasteiger partial charge in [-0.2, -0.15) is 0 Å². The molecule has 0 radical (unpaired) electrons. The maximum atomic E-state index is 13.0. The summed E-state index contributed by atoms with van der Waals surface area (Å²) in [6.07, 6.45) is 1.11. The van der Waals surface area contributed by atoms with Gasteiger partial charge in [0, 0.05) is 11.3 Å². The number of amides is 1. The van der Waals surface area contributed by atoms with Crippen molar-refractivity contribution in [3.8, 4) is 5.75 Å². The van der Waals surface area contributed by atoms with Gasteiger partial charge >= 0.3 is 0 Å². The van der Waals surface area contributed by atoms with Crippen LogP contribution < -0.4 is 5.32 Å². The number of furan rings is 1. The molecular formula is C19H16N2O3. The topological polar surface area (TPSA) is 65.7 Å². The number of carbonyl (C=O) groups is 1. The van der Waals surface area contributed by atoms with Crippen LogP contribution in [0.4, 0.5) is 5.69 Å². The van der Waals surface area contributed by atoms with Crippen LogP contribution in [0.1, 0.15) is 27.8 Å². The maximum absolute atomic E-state index is 13.0. The van der Waals surface area contributed by atoms with E-state index in [2.05, 4.69) is 5.32 Å². The summed E-state index contributed by atoms with van der Waals surface area (Å²) in [5.41, 5.74) is 2.01. The normalized spacial score (nSPS) is 16.6. The van der Waals surface area contributed by atoms with Crippen molar-refractivity contribution >= 4 is 11.6 Å². The fraction of sp³-hybridized carbons (Fsp3) is 0.105. The molecule has 5 heteroatoms. The number of nitrogens with zero attached hydrogens (tertiary/aromatic N) is 1. The zero-order valence-electron chi connectivity index (χ0n) is 12.8. The van der Waals surface area contributed by atoms with E-state index in [4.69, 9.17) is 4.42 Å². The van der Waals surface area contributed by atoms with Crippen LogP contribution in [-0.4, -0.2) is 15.9 Å². The van der Waals surface area contributed by atoms with Gasteiger partial charge in [0.2, 0.25) is 0 Å². The Morgan fingerprint density at radius 1 is 1.04 bits per heavy atom. The molecular weight excluding hydrogens is 304 g/mol. The van der Waals surface area contributed by atoms with Crippen molar-refractivity contribution in [2.45, 2.75) is 12.7 Å². The van der Waals surface area contributed by atoms with E-state index in [1.165, 1.54) is 0 Å². The van der Waals surface area contributed by atoms with E-state index in [1.54, 1.807) is 35.4 Å². The Labute approximate surface area is 139 Å². The van der Waals surface area contributed by atoms with Crippen LogP contribution in [0.25, 0.3) is 0 Å². The first-order valence-corrected chi connectivity index (χ1v) is 7.71. The number of aromatic hydroxyl groups is 1. The van der Waals surface area contributed by atoms with E-state index in [0.717, 1.165) is 5.69 Å². The Bertz CT molecular complexity index is 874. The van der Waals surface area contributed by atoms with Crippen LogP contribution in [0.15, 0.2) is 71.3 Å². The number of anilines is 1. The molecule has 2 heterocycles. The standard InChI is InChI=1S/C19H16N2O3/c22-17-10-4-2-8-15(17)18-20-16-9-3-1-7-14(16)19(23)21(18)12-13-6-5-11-24-13/h1-11,18,20,22H,12H2/t18-/m0/s1. The molecule has 1 aliphatic rings. The first-order valence-electron chi connectivity index (χ1n) is 7.71. The third-order valence-corrected chi connectivity index (χ3v) is 4.16. The Morgan fingerprint density at radius 3 is 2.62 bits per heavy atom. The lowest BCUT2D eigenvalue weighted by Gasteiger charge is -2.37. The molecule has 4 rings (SSSR count). The lowest BCUT2D eigenvalue weighted by molar-refractivity contribution is 0.0649. The molecule has 1 aliphatic heterocycles. The second-order valence-corrected chi connectivity index (χ2v) is 5.66. The van der Waals surface area contributed by atoms with Crippen molar-refractivity contribution in [3.05, 3.63) is 83.8 Å². The summed E-state index contributed by atoms with van der Waals surface area (Å²) < 4.78 is 5.40. The number of fused-ring (bicyclic) bond motifs is 1. The molecule has 0 saturated heterocycles. The van der Waals surface area contributed by atoms with Crippen molar-refractivity contribution in [1.82, 2.24) is 4.90 Å². The number of benzene rings is 2. The Hall–Kier alpha value is -3.21. The molecule has 2 N–H and O–H groups in total. The highest BCUT2D eigenvalue weighted by atomic mass is 16.3. The van der Waals surface area contributed by atoms with Gasteiger partial charge in [0.25, 0.3) is 5.91 Å². The highest BCUT2D eigenvalue weighted by Gasteiger charge is 2.34. The number of hydrogen-bond donors (Lipinski definition) is 2. The van der Waals surface area contributed by atoms with E-state index in [9.17, 15) is 9.90 Å². The summed E-state index contributed by atoms with van der Waals surface area (Å²) in [5.74, 6) is 0.727. The molecule has 2 aromatic carbocycles. The quantitative estimate of drug-likeness (QED) is 0.771. The number of nitrogens with one attached hydrogen (secondary N) is 1. The van der Waals surface area contributed by atoms with Gasteiger partial charge in [-0.1, -0.05) is 30.3 Å². The largest absolute Gasteiger partial charge is 0.508 e. The minimum absolute atomic E-state index is 0.103. The number of rotatable bonds is 3. The van der Waals surface area contributed by atoms with E-state index in [1.807, 2.05) is 36.4 Å². The molecule has 0 fully saturated rings. The van der Waals surface area contributed by atoms with Crippen LogP contribution in [-0.2, 0) is 6.54 Å². The second-order valence-electron chi connectivity index (χ2n) is 5.66. The SMILES string of the molecule is O=C1c2ccccc2N[C@H](c2ccccc2O)N1Cc1ccco1. The minimum atomic E-state index is -0.473. The van der Waals surface area contributed by atoms with Crippen LogP contribution in [0.2, 0.25) is 0 Å². The molecule has 3 aromatic rings. The second kappa shape index (κ2) is 5.77. The first-order chi connectivity index (χ1) is 11.7. The third-order valence-electron chi connectivity index (χ3n) is 4.16. The average Bonchev–Trinajstić information content (AvgIpc) is 3.11. The third kappa shape index (κ3) is 2.40. The van der Waals surface area contributed by atoms with Gasteiger partial charge in [-0.05, 0) is 30.3 Å². The van der Waals surface area contributed by atoms with E-state index >= 15 is 0 Å². The fourth-order valence-corrected chi connectivity index (χ4v) is 2.99. The predicted molar refractivity (Wildman–Crippen MR) is 89.5 cm³/mol. The monoisotopic (exact) mass is 320 g/mol. The van der Waals surface area contributed by atoms with Crippen molar-refractivity contribution in [2.75, 3.05) is 5.32 Å². The lowest BCUT2D eigenvalue weighted by atomic mass is 10.0. The molecule has 1 atom stereocenters. The number of phenols is 1. The highest BCUT2D eigenvalue weighted by molar-refractivity contribution is 6.01. The van der Waals surface area contributed by atoms with Crippen LogP contribution in [0, 0.1) is 0 Å². The molecule has 120 valence electrons. The number of carbonyl (C=O) groups excluding carboxylic acids is 1. The Balaban J connectivity index is 1.79. The summed E-state index contributed by atoms with van der Waals surface area (Å²) in [6.45, 7) is 0.312. The summed E-state index contributed by atoms with van der Waals surface area (Å²) in [4.78, 5) is 14.7. The average molecular weight is 320 g/mol. The zero-order chi connectivity index (χ0) is 16.5. The summed E-state index contributed by atoms with van der Waals surface area (Å²) in [5, 5.41) is 13.6. The summed E-state index contributed by atoms with van der Waals surface area (Å²) >= 11 is 0. The molecule has 1 aromatic heterocycles. The molecule has 0 saturated carbocycles. The molecule has 24 heavy (non-hydrogen) atoms. The van der Waals surface area contributed by atoms with Crippen LogP contribution in [0.5, 0.6) is 5.75 Å². The highest BCUT2D eigenvalue weighted by Crippen LogP contribution is 2.37. The smallest absolute Gasteiger partial charge is 0.258 e. The number of hydrogen-bond acceptors (Lipinski definition) is 4. The molecule has 1 amide bonds. The molecule has 0 bridgehead atoms. The fourth-order valence-electron chi connectivity index (χ4n) is 2.99. The molecule has 5 nitrogen and oxygen atoms in total. The first kappa shape index (κ1) is 14.4. The number of phenolic OH excluding ortho intramolecular Hbond substituents is 1. The lowest BCUT2D eigenvalue weighted by Crippen LogP contribution is -2.42. The van der Waals surface area contributed by atoms with Crippen molar-refractivity contribution in [2.24, 2.45) is 0 Å². The van der Waals surface area contributed by atoms with Gasteiger partial charge in [0.1, 0.15) is 17.7 Å². The summed E-state index contributed by atoms with van der Waals surface area (Å²) in [7, 11) is 0. The van der Waals surface area contributed by atoms with E-state index in [0.29, 0.717) is 23.4 Å². The van der Waals surface area contributed by atoms with Gasteiger partial charge in [0.05, 0.1) is 18.4 Å². The molecule has 0 unspecified atom stereocenters. The zero-order valence-corrected chi connectivity index (χ0v) is 12.8. The van der Waals surface area contributed by atoms with Gasteiger partial charge in [-0.15, -0.1) is 0 Å². The van der Waals surface area contributed by atoms with E-state index < -0.39 is 6.17 Å². The Kier molecular flexibility index (Phi) is 3.46. The van der Waals surface area contributed by atoms with Crippen LogP contribution in [0.3, 0.4) is 0 Å². The maximum Gasteiger partial charge on any atom is 0.258 e. The van der Waals surface area contributed by atoms with Gasteiger partial charge in [-0.3, -0.25) is 4.79 Å². The molecule has 0 aliphatic carbocycles. The van der Waals surface area contributed by atoms with Gasteiger partial charge in [-0.25, -0.2) is 0 Å². The Morgan fingerprint density at radius 2 is 1.83 bits per heavy atom. The van der Waals surface area contributed by atoms with Crippen molar-refractivity contribution in [3.63, 3.8) is 0 Å². The van der Waals surface area contributed by atoms with Crippen molar-refractivity contribution < 1.29 is 14.3 Å². The predicted octanol–water partition coefficient (Wildman–Crippen LogP) is 3.75. The molecule has 0 spiro atoms. The van der Waals surface area contributed by atoms with Gasteiger partial charge in [0.15, 0.2) is 0 Å². The van der Waals surface area contributed by atoms with Crippen molar-refractivity contribution in [1.29, 1.82) is 0 Å².